The fourth-order valence-corrected chi connectivity index (χ4v) is 4.57. The average Bonchev–Trinajstić information content (AvgIpc) is 3.12. The molecule has 2 heterocycles. The van der Waals surface area contributed by atoms with Crippen molar-refractivity contribution in [3.8, 4) is 0 Å². The van der Waals surface area contributed by atoms with E-state index in [1.54, 1.807) is 31.1 Å². The molecule has 4 rings (SSSR count). The maximum absolute atomic E-state index is 14.1. The van der Waals surface area contributed by atoms with Crippen molar-refractivity contribution in [2.75, 3.05) is 14.1 Å². The minimum Gasteiger partial charge on any atom is -0.337 e. The molecule has 4 amide bonds. The van der Waals surface area contributed by atoms with Crippen LogP contribution >= 0.6 is 0 Å². The summed E-state index contributed by atoms with van der Waals surface area (Å²) >= 11 is 0. The number of nitrogens with one attached hydrogen (secondary N) is 2. The second kappa shape index (κ2) is 9.73. The Morgan fingerprint density at radius 1 is 1.17 bits per heavy atom. The van der Waals surface area contributed by atoms with E-state index in [4.69, 9.17) is 0 Å². The Hall–Kier alpha value is -3.73. The Labute approximate surface area is 205 Å². The largest absolute Gasteiger partial charge is 0.412 e. The van der Waals surface area contributed by atoms with Gasteiger partial charge in [0.2, 0.25) is 11.8 Å². The smallest absolute Gasteiger partial charge is 0.337 e. The van der Waals surface area contributed by atoms with Crippen LogP contribution in [0.4, 0.5) is 13.2 Å². The molecule has 2 aromatic carbocycles. The zero-order valence-electron chi connectivity index (χ0n) is 19.7. The molecule has 0 aromatic heterocycles. The van der Waals surface area contributed by atoms with Crippen LogP contribution < -0.4 is 10.6 Å². The minimum atomic E-state index is -4.74. The summed E-state index contributed by atoms with van der Waals surface area (Å²) in [6.45, 7) is 0.270. The van der Waals surface area contributed by atoms with E-state index in [1.807, 2.05) is 0 Å². The lowest BCUT2D eigenvalue weighted by Gasteiger charge is -2.29. The molecular formula is C25H25F3N4O4. The predicted octanol–water partition coefficient (Wildman–Crippen LogP) is 2.54. The van der Waals surface area contributed by atoms with E-state index in [-0.39, 0.29) is 42.6 Å². The van der Waals surface area contributed by atoms with Crippen molar-refractivity contribution in [3.63, 3.8) is 0 Å². The molecule has 11 heteroatoms. The first-order chi connectivity index (χ1) is 17.0. The third kappa shape index (κ3) is 5.11. The topological polar surface area (TPSA) is 98.8 Å². The molecule has 2 unspecified atom stereocenters. The van der Waals surface area contributed by atoms with Crippen LogP contribution in [0, 0.1) is 0 Å². The SMILES string of the molecule is CN(C)Cc1ccccc1C(NC(=O)c1ccc2c(c1)CN(C1CCC(=O)NC1=O)C2=O)C(F)(F)F. The van der Waals surface area contributed by atoms with Gasteiger partial charge in [-0.1, -0.05) is 24.3 Å². The van der Waals surface area contributed by atoms with Crippen molar-refractivity contribution in [3.05, 3.63) is 70.3 Å². The summed E-state index contributed by atoms with van der Waals surface area (Å²) < 4.78 is 42.2. The summed E-state index contributed by atoms with van der Waals surface area (Å²) in [5.74, 6) is -2.36. The Morgan fingerprint density at radius 3 is 2.56 bits per heavy atom. The van der Waals surface area contributed by atoms with Crippen molar-refractivity contribution in [2.24, 2.45) is 0 Å². The molecule has 36 heavy (non-hydrogen) atoms. The first-order valence-electron chi connectivity index (χ1n) is 11.3. The van der Waals surface area contributed by atoms with E-state index in [1.165, 1.54) is 35.2 Å². The van der Waals surface area contributed by atoms with Gasteiger partial charge in [0, 0.05) is 30.6 Å². The number of imide groups is 1. The second-order valence-electron chi connectivity index (χ2n) is 9.16. The fraction of sp³-hybridized carbons (Fsp3) is 0.360. The number of carbonyl (C=O) groups excluding carboxylic acids is 4. The van der Waals surface area contributed by atoms with E-state index < -0.39 is 41.9 Å². The third-order valence-corrected chi connectivity index (χ3v) is 6.24. The van der Waals surface area contributed by atoms with Gasteiger partial charge in [0.05, 0.1) is 0 Å². The highest BCUT2D eigenvalue weighted by molar-refractivity contribution is 6.06. The van der Waals surface area contributed by atoms with Gasteiger partial charge in [-0.3, -0.25) is 24.5 Å². The van der Waals surface area contributed by atoms with Gasteiger partial charge in [-0.05, 0) is 55.4 Å². The minimum absolute atomic E-state index is 0.00985. The molecule has 190 valence electrons. The van der Waals surface area contributed by atoms with E-state index >= 15 is 0 Å². The lowest BCUT2D eigenvalue weighted by atomic mass is 9.98. The van der Waals surface area contributed by atoms with Crippen molar-refractivity contribution in [2.45, 2.75) is 44.2 Å². The molecular weight excluding hydrogens is 477 g/mol. The fourth-order valence-electron chi connectivity index (χ4n) is 4.57. The van der Waals surface area contributed by atoms with E-state index in [0.29, 0.717) is 11.1 Å². The molecule has 0 radical (unpaired) electrons. The highest BCUT2D eigenvalue weighted by Gasteiger charge is 2.43. The number of piperidine rings is 1. The number of amides is 4. The number of carbonyl (C=O) groups is 4. The molecule has 0 spiro atoms. The van der Waals surface area contributed by atoms with Crippen molar-refractivity contribution >= 4 is 23.6 Å². The van der Waals surface area contributed by atoms with Crippen molar-refractivity contribution in [1.29, 1.82) is 0 Å². The Balaban J connectivity index is 1.57. The van der Waals surface area contributed by atoms with Gasteiger partial charge in [0.15, 0.2) is 6.04 Å². The monoisotopic (exact) mass is 502 g/mol. The molecule has 2 aliphatic rings. The summed E-state index contributed by atoms with van der Waals surface area (Å²) in [6, 6.07) is 7.04. The average molecular weight is 502 g/mol. The number of fused-ring (bicyclic) bond motifs is 1. The number of halogens is 3. The summed E-state index contributed by atoms with van der Waals surface area (Å²) in [4.78, 5) is 52.5. The number of hydrogen-bond donors (Lipinski definition) is 2. The number of benzene rings is 2. The van der Waals surface area contributed by atoms with Gasteiger partial charge in [-0.25, -0.2) is 0 Å². The molecule has 2 aliphatic heterocycles. The Bertz CT molecular complexity index is 1230. The maximum atomic E-state index is 14.1. The van der Waals surface area contributed by atoms with E-state index in [0.717, 1.165) is 0 Å². The summed E-state index contributed by atoms with van der Waals surface area (Å²) in [7, 11) is 3.48. The summed E-state index contributed by atoms with van der Waals surface area (Å²) in [5, 5.41) is 4.31. The van der Waals surface area contributed by atoms with Gasteiger partial charge in [0.1, 0.15) is 6.04 Å². The predicted molar refractivity (Wildman–Crippen MR) is 123 cm³/mol. The van der Waals surface area contributed by atoms with E-state index in [2.05, 4.69) is 10.6 Å². The quantitative estimate of drug-likeness (QED) is 0.592. The molecule has 2 atom stereocenters. The van der Waals surface area contributed by atoms with Gasteiger partial charge in [0.25, 0.3) is 11.8 Å². The lowest BCUT2D eigenvalue weighted by molar-refractivity contribution is -0.155. The number of rotatable bonds is 6. The van der Waals surface area contributed by atoms with Crippen LogP contribution in [0.3, 0.4) is 0 Å². The van der Waals surface area contributed by atoms with Crippen LogP contribution in [-0.4, -0.2) is 59.7 Å². The molecule has 0 aliphatic carbocycles. The lowest BCUT2D eigenvalue weighted by Crippen LogP contribution is -2.52. The zero-order valence-corrected chi connectivity index (χ0v) is 19.7. The first-order valence-corrected chi connectivity index (χ1v) is 11.3. The highest BCUT2D eigenvalue weighted by Crippen LogP contribution is 2.35. The first kappa shape index (κ1) is 25.4. The Morgan fingerprint density at radius 2 is 1.89 bits per heavy atom. The van der Waals surface area contributed by atoms with Gasteiger partial charge < -0.3 is 15.1 Å². The second-order valence-corrected chi connectivity index (χ2v) is 9.16. The zero-order chi connectivity index (χ0) is 26.2. The Kier molecular flexibility index (Phi) is 6.85. The van der Waals surface area contributed by atoms with Crippen LogP contribution in [0.15, 0.2) is 42.5 Å². The standard InChI is InChI=1S/C25H25F3N4O4/c1-31(2)12-15-5-3-4-6-17(15)21(25(26,27)28)30-22(34)14-7-8-18-16(11-14)13-32(24(18)36)19-9-10-20(33)29-23(19)35/h3-8,11,19,21H,9-10,12-13H2,1-2H3,(H,30,34)(H,29,33,35). The van der Waals surface area contributed by atoms with E-state index in [9.17, 15) is 32.3 Å². The molecule has 2 aromatic rings. The van der Waals surface area contributed by atoms with Crippen LogP contribution in [0.5, 0.6) is 0 Å². The van der Waals surface area contributed by atoms with Crippen LogP contribution in [0.1, 0.15) is 56.3 Å². The third-order valence-electron chi connectivity index (χ3n) is 6.24. The number of nitrogens with zero attached hydrogens (tertiary/aromatic N) is 2. The van der Waals surface area contributed by atoms with Gasteiger partial charge >= 0.3 is 6.18 Å². The van der Waals surface area contributed by atoms with Gasteiger partial charge in [-0.2, -0.15) is 13.2 Å². The van der Waals surface area contributed by atoms with Crippen LogP contribution in [0.25, 0.3) is 0 Å². The molecule has 2 N–H and O–H groups in total. The summed E-state index contributed by atoms with van der Waals surface area (Å²) in [5.41, 5.74) is 1.04. The normalized spacial score (nSPS) is 18.8. The number of alkyl halides is 3. The van der Waals surface area contributed by atoms with Crippen molar-refractivity contribution in [1.82, 2.24) is 20.4 Å². The van der Waals surface area contributed by atoms with Crippen LogP contribution in [-0.2, 0) is 22.7 Å². The molecule has 0 saturated carbocycles. The molecule has 8 nitrogen and oxygen atoms in total. The summed E-state index contributed by atoms with van der Waals surface area (Å²) in [6.07, 6.45) is -4.47. The number of hydrogen-bond acceptors (Lipinski definition) is 5. The van der Waals surface area contributed by atoms with Gasteiger partial charge in [-0.15, -0.1) is 0 Å². The van der Waals surface area contributed by atoms with Crippen molar-refractivity contribution < 1.29 is 32.3 Å². The molecule has 1 fully saturated rings. The maximum Gasteiger partial charge on any atom is 0.412 e. The highest BCUT2D eigenvalue weighted by atomic mass is 19.4. The van der Waals surface area contributed by atoms with Crippen LogP contribution in [0.2, 0.25) is 0 Å². The molecule has 0 bridgehead atoms. The molecule has 1 saturated heterocycles.